The van der Waals surface area contributed by atoms with E-state index in [1.807, 2.05) is 13.8 Å². The van der Waals surface area contributed by atoms with Crippen LogP contribution in [0, 0.1) is 10.8 Å². The van der Waals surface area contributed by atoms with E-state index in [-0.39, 0.29) is 11.6 Å². The van der Waals surface area contributed by atoms with Gasteiger partial charge < -0.3 is 0 Å². The van der Waals surface area contributed by atoms with E-state index in [0.717, 1.165) is 5.57 Å². The quantitative estimate of drug-likeness (QED) is 0.312. The Labute approximate surface area is 203 Å². The Morgan fingerprint density at radius 3 is 1.24 bits per heavy atom. The first-order valence-electron chi connectivity index (χ1n) is 12.2. The topological polar surface area (TPSA) is 34.1 Å². The van der Waals surface area contributed by atoms with Crippen molar-refractivity contribution in [2.75, 3.05) is 0 Å². The highest BCUT2D eigenvalue weighted by Gasteiger charge is 2.59. The third kappa shape index (κ3) is 7.39. The number of allylic oxidation sites excluding steroid dienone is 12. The molecular formula is C31H46O2. The SMILES string of the molecule is CC(C)=CCC1=CC(=O)C(CC=C(C)C)(CC=C(C)C)C(CC=C(C)C)(CC=C(C)C)C1=O. The summed E-state index contributed by atoms with van der Waals surface area (Å²) >= 11 is 0. The lowest BCUT2D eigenvalue weighted by Gasteiger charge is -2.50. The van der Waals surface area contributed by atoms with Gasteiger partial charge in [-0.05, 0) is 107 Å². The molecule has 0 aromatic heterocycles. The van der Waals surface area contributed by atoms with Gasteiger partial charge in [0.1, 0.15) is 0 Å². The van der Waals surface area contributed by atoms with Gasteiger partial charge in [-0.3, -0.25) is 9.59 Å². The van der Waals surface area contributed by atoms with Gasteiger partial charge in [0.25, 0.3) is 0 Å². The number of Topliss-reactive ketones (excluding diaryl/α,β-unsaturated/α-hetero) is 1. The lowest BCUT2D eigenvalue weighted by Crippen LogP contribution is -2.55. The molecule has 0 aliphatic heterocycles. The highest BCUT2D eigenvalue weighted by Crippen LogP contribution is 2.57. The minimum absolute atomic E-state index is 0.0959. The lowest BCUT2D eigenvalue weighted by atomic mass is 9.49. The summed E-state index contributed by atoms with van der Waals surface area (Å²) in [5.74, 6) is 0.234. The Morgan fingerprint density at radius 1 is 0.576 bits per heavy atom. The number of hydrogen-bond donors (Lipinski definition) is 0. The maximum atomic E-state index is 14.4. The van der Waals surface area contributed by atoms with Gasteiger partial charge in [0.05, 0.1) is 10.8 Å². The van der Waals surface area contributed by atoms with Crippen molar-refractivity contribution >= 4 is 11.6 Å². The van der Waals surface area contributed by atoms with E-state index in [0.29, 0.717) is 37.7 Å². The molecule has 0 fully saturated rings. The summed E-state index contributed by atoms with van der Waals surface area (Å²) in [6, 6.07) is 0. The van der Waals surface area contributed by atoms with Crippen molar-refractivity contribution in [3.8, 4) is 0 Å². The van der Waals surface area contributed by atoms with Crippen LogP contribution in [0.1, 0.15) is 101 Å². The average molecular weight is 451 g/mol. The minimum atomic E-state index is -0.809. The summed E-state index contributed by atoms with van der Waals surface area (Å²) in [6.45, 7) is 20.6. The minimum Gasteiger partial charge on any atom is -0.294 e. The maximum absolute atomic E-state index is 14.4. The standard InChI is InChI=1S/C31H46O2/c1-22(2)11-12-27-21-28(32)30(17-13-23(3)4,18-14-24(5)6)31(29(27)33,19-15-25(7)8)20-16-26(9)10/h11,13-16,21H,12,17-20H2,1-10H3. The molecule has 1 aliphatic rings. The van der Waals surface area contributed by atoms with E-state index in [2.05, 4.69) is 85.8 Å². The van der Waals surface area contributed by atoms with Crippen LogP contribution in [0.4, 0.5) is 0 Å². The van der Waals surface area contributed by atoms with Crippen molar-refractivity contribution in [1.82, 2.24) is 0 Å². The van der Waals surface area contributed by atoms with E-state index in [1.54, 1.807) is 6.08 Å². The summed E-state index contributed by atoms with van der Waals surface area (Å²) in [6.07, 6.45) is 15.2. The fourth-order valence-electron chi connectivity index (χ4n) is 4.44. The maximum Gasteiger partial charge on any atom is 0.167 e. The van der Waals surface area contributed by atoms with Gasteiger partial charge in [0.2, 0.25) is 0 Å². The molecular weight excluding hydrogens is 404 g/mol. The van der Waals surface area contributed by atoms with Crippen molar-refractivity contribution in [3.63, 3.8) is 0 Å². The molecule has 33 heavy (non-hydrogen) atoms. The number of ketones is 2. The van der Waals surface area contributed by atoms with Crippen LogP contribution in [0.5, 0.6) is 0 Å². The van der Waals surface area contributed by atoms with E-state index in [9.17, 15) is 9.59 Å². The Bertz CT molecular complexity index is 868. The molecule has 0 saturated carbocycles. The largest absolute Gasteiger partial charge is 0.294 e. The smallest absolute Gasteiger partial charge is 0.167 e. The zero-order valence-electron chi connectivity index (χ0n) is 22.8. The average Bonchev–Trinajstić information content (AvgIpc) is 2.70. The summed E-state index contributed by atoms with van der Waals surface area (Å²) in [5, 5.41) is 0. The van der Waals surface area contributed by atoms with Crippen molar-refractivity contribution in [2.45, 2.75) is 101 Å². The summed E-state index contributed by atoms with van der Waals surface area (Å²) in [4.78, 5) is 28.5. The van der Waals surface area contributed by atoms with Crippen LogP contribution >= 0.6 is 0 Å². The highest BCUT2D eigenvalue weighted by atomic mass is 16.1. The van der Waals surface area contributed by atoms with Crippen LogP contribution < -0.4 is 0 Å². The second-order valence-corrected chi connectivity index (χ2v) is 11.0. The molecule has 0 atom stereocenters. The molecule has 1 rings (SSSR count). The van der Waals surface area contributed by atoms with Crippen molar-refractivity contribution in [2.24, 2.45) is 10.8 Å². The molecule has 2 heteroatoms. The molecule has 0 aromatic carbocycles. The van der Waals surface area contributed by atoms with Gasteiger partial charge in [-0.25, -0.2) is 0 Å². The molecule has 0 heterocycles. The zero-order valence-corrected chi connectivity index (χ0v) is 22.8. The molecule has 0 saturated heterocycles. The predicted molar refractivity (Wildman–Crippen MR) is 143 cm³/mol. The van der Waals surface area contributed by atoms with Crippen molar-refractivity contribution in [1.29, 1.82) is 0 Å². The predicted octanol–water partition coefficient (Wildman–Crippen LogP) is 8.82. The Balaban J connectivity index is 4.02. The zero-order chi connectivity index (χ0) is 25.4. The molecule has 0 aromatic rings. The first-order chi connectivity index (χ1) is 15.3. The summed E-state index contributed by atoms with van der Waals surface area (Å²) < 4.78 is 0. The Kier molecular flexibility index (Phi) is 10.7. The fraction of sp³-hybridized carbons (Fsp3) is 0.548. The highest BCUT2D eigenvalue weighted by molar-refractivity contribution is 6.15. The monoisotopic (exact) mass is 450 g/mol. The van der Waals surface area contributed by atoms with E-state index < -0.39 is 10.8 Å². The normalized spacial score (nSPS) is 16.4. The van der Waals surface area contributed by atoms with E-state index in [1.165, 1.54) is 22.3 Å². The van der Waals surface area contributed by atoms with Gasteiger partial charge in [0, 0.05) is 5.57 Å². The Hall–Kier alpha value is -2.22. The fourth-order valence-corrected chi connectivity index (χ4v) is 4.44. The van der Waals surface area contributed by atoms with Crippen molar-refractivity contribution in [3.05, 3.63) is 69.9 Å². The second kappa shape index (κ2) is 12.3. The number of carbonyl (C=O) groups is 2. The molecule has 0 bridgehead atoms. The van der Waals surface area contributed by atoms with E-state index in [4.69, 9.17) is 0 Å². The van der Waals surface area contributed by atoms with Crippen LogP contribution in [-0.2, 0) is 9.59 Å². The molecule has 0 spiro atoms. The molecule has 0 N–H and O–H groups in total. The van der Waals surface area contributed by atoms with Crippen LogP contribution in [0.25, 0.3) is 0 Å². The van der Waals surface area contributed by atoms with Gasteiger partial charge >= 0.3 is 0 Å². The second-order valence-electron chi connectivity index (χ2n) is 11.0. The molecule has 1 aliphatic carbocycles. The number of carbonyl (C=O) groups excluding carboxylic acids is 2. The van der Waals surface area contributed by atoms with Gasteiger partial charge in [-0.2, -0.15) is 0 Å². The van der Waals surface area contributed by atoms with Crippen LogP contribution in [0.3, 0.4) is 0 Å². The van der Waals surface area contributed by atoms with Gasteiger partial charge in [-0.1, -0.05) is 58.2 Å². The molecule has 0 amide bonds. The van der Waals surface area contributed by atoms with Crippen LogP contribution in [-0.4, -0.2) is 11.6 Å². The molecule has 0 unspecified atom stereocenters. The lowest BCUT2D eigenvalue weighted by molar-refractivity contribution is -0.146. The first kappa shape index (κ1) is 28.8. The first-order valence-corrected chi connectivity index (χ1v) is 12.2. The molecule has 0 radical (unpaired) electrons. The number of hydrogen-bond acceptors (Lipinski definition) is 2. The van der Waals surface area contributed by atoms with E-state index >= 15 is 0 Å². The number of rotatable bonds is 10. The summed E-state index contributed by atoms with van der Waals surface area (Å²) in [7, 11) is 0. The van der Waals surface area contributed by atoms with Gasteiger partial charge in [-0.15, -0.1) is 0 Å². The molecule has 182 valence electrons. The third-order valence-electron chi connectivity index (χ3n) is 6.58. The van der Waals surface area contributed by atoms with Gasteiger partial charge in [0.15, 0.2) is 11.6 Å². The molecule has 2 nitrogen and oxygen atoms in total. The van der Waals surface area contributed by atoms with Crippen molar-refractivity contribution < 1.29 is 9.59 Å². The Morgan fingerprint density at radius 2 is 0.909 bits per heavy atom. The third-order valence-corrected chi connectivity index (χ3v) is 6.58. The van der Waals surface area contributed by atoms with Crippen LogP contribution in [0.15, 0.2) is 69.9 Å². The van der Waals surface area contributed by atoms with Crippen LogP contribution in [0.2, 0.25) is 0 Å². The summed E-state index contributed by atoms with van der Waals surface area (Å²) in [5.41, 5.74) is 4.88.